The number of carboxylic acids is 1. The van der Waals surface area contributed by atoms with E-state index in [2.05, 4.69) is 25.8 Å². The molecular weight excluding hydrogens is 276 g/mol. The number of carbonyl (C=O) groups excluding carboxylic acids is 1. The maximum Gasteiger partial charge on any atom is 0.311 e. The summed E-state index contributed by atoms with van der Waals surface area (Å²) >= 11 is 1.39. The molecule has 1 aromatic rings. The van der Waals surface area contributed by atoms with Crippen LogP contribution in [0.3, 0.4) is 0 Å². The third-order valence-electron chi connectivity index (χ3n) is 3.63. The summed E-state index contributed by atoms with van der Waals surface area (Å²) in [4.78, 5) is 30.1. The first-order valence-electron chi connectivity index (χ1n) is 6.62. The Kier molecular flexibility index (Phi) is 3.62. The smallest absolute Gasteiger partial charge is 0.311 e. The van der Waals surface area contributed by atoms with E-state index in [1.165, 1.54) is 11.3 Å². The molecule has 0 radical (unpaired) electrons. The van der Waals surface area contributed by atoms with Gasteiger partial charge >= 0.3 is 5.97 Å². The van der Waals surface area contributed by atoms with Crippen LogP contribution in [0.5, 0.6) is 0 Å². The van der Waals surface area contributed by atoms with Crippen molar-refractivity contribution in [3.8, 4) is 0 Å². The Labute approximate surface area is 122 Å². The quantitative estimate of drug-likeness (QED) is 0.909. The molecule has 2 rings (SSSR count). The number of carboxylic acid groups (broad SMARTS) is 1. The average Bonchev–Trinajstić information content (AvgIpc) is 2.94. The van der Waals surface area contributed by atoms with Crippen LogP contribution in [-0.4, -0.2) is 40.0 Å². The molecule has 2 heterocycles. The molecular formula is C14H20N2O3S. The molecule has 1 saturated heterocycles. The van der Waals surface area contributed by atoms with Gasteiger partial charge in [0.05, 0.1) is 16.6 Å². The first-order valence-corrected chi connectivity index (χ1v) is 7.44. The van der Waals surface area contributed by atoms with Gasteiger partial charge in [-0.05, 0) is 13.3 Å². The van der Waals surface area contributed by atoms with Crippen LogP contribution in [0.25, 0.3) is 0 Å². The van der Waals surface area contributed by atoms with Crippen molar-refractivity contribution >= 4 is 23.2 Å². The first kappa shape index (κ1) is 15.0. The number of carbonyl (C=O) groups is 2. The van der Waals surface area contributed by atoms with E-state index < -0.39 is 11.4 Å². The number of thiazole rings is 1. The summed E-state index contributed by atoms with van der Waals surface area (Å²) in [6, 6.07) is 0. The van der Waals surface area contributed by atoms with Gasteiger partial charge in [0, 0.05) is 18.5 Å². The van der Waals surface area contributed by atoms with Crippen LogP contribution >= 0.6 is 11.3 Å². The maximum atomic E-state index is 12.4. The highest BCUT2D eigenvalue weighted by Crippen LogP contribution is 2.33. The number of rotatable bonds is 2. The van der Waals surface area contributed by atoms with E-state index in [0.29, 0.717) is 17.8 Å². The number of amides is 1. The lowest BCUT2D eigenvalue weighted by Gasteiger charge is -2.19. The van der Waals surface area contributed by atoms with Crippen molar-refractivity contribution in [1.29, 1.82) is 0 Å². The van der Waals surface area contributed by atoms with E-state index in [0.717, 1.165) is 5.01 Å². The molecule has 0 aromatic carbocycles. The lowest BCUT2D eigenvalue weighted by Crippen LogP contribution is -2.34. The van der Waals surface area contributed by atoms with Crippen LogP contribution in [0.2, 0.25) is 0 Å². The van der Waals surface area contributed by atoms with Crippen molar-refractivity contribution in [3.63, 3.8) is 0 Å². The summed E-state index contributed by atoms with van der Waals surface area (Å²) in [5.74, 6) is -0.949. The van der Waals surface area contributed by atoms with Crippen molar-refractivity contribution in [3.05, 3.63) is 16.1 Å². The summed E-state index contributed by atoms with van der Waals surface area (Å²) in [7, 11) is 0. The highest BCUT2D eigenvalue weighted by Gasteiger charge is 2.42. The van der Waals surface area contributed by atoms with Gasteiger partial charge in [-0.3, -0.25) is 9.59 Å². The van der Waals surface area contributed by atoms with Crippen LogP contribution < -0.4 is 0 Å². The molecule has 0 bridgehead atoms. The van der Waals surface area contributed by atoms with Crippen molar-refractivity contribution in [2.75, 3.05) is 13.1 Å². The molecule has 110 valence electrons. The summed E-state index contributed by atoms with van der Waals surface area (Å²) in [6.07, 6.45) is 2.10. The number of aliphatic carboxylic acids is 1. The molecule has 5 nitrogen and oxygen atoms in total. The molecule has 0 aliphatic carbocycles. The van der Waals surface area contributed by atoms with E-state index >= 15 is 0 Å². The third-order valence-corrected chi connectivity index (χ3v) is 5.05. The topological polar surface area (TPSA) is 70.5 Å². The fourth-order valence-corrected chi connectivity index (χ4v) is 3.13. The molecule has 0 unspecified atom stereocenters. The minimum absolute atomic E-state index is 0.0796. The first-order chi connectivity index (χ1) is 9.13. The summed E-state index contributed by atoms with van der Waals surface area (Å²) in [5, 5.41) is 10.1. The fourth-order valence-electron chi connectivity index (χ4n) is 2.18. The number of aromatic nitrogens is 1. The van der Waals surface area contributed by atoms with Crippen molar-refractivity contribution in [2.45, 2.75) is 39.5 Å². The van der Waals surface area contributed by atoms with Crippen molar-refractivity contribution in [2.24, 2.45) is 5.41 Å². The van der Waals surface area contributed by atoms with Crippen LogP contribution in [0.1, 0.15) is 48.8 Å². The number of likely N-dealkylation sites (tertiary alicyclic amines) is 1. The lowest BCUT2D eigenvalue weighted by atomic mass is 9.90. The zero-order valence-corrected chi connectivity index (χ0v) is 13.1. The normalized spacial score (nSPS) is 23.1. The van der Waals surface area contributed by atoms with Crippen LogP contribution in [0.15, 0.2) is 6.20 Å². The molecule has 1 N–H and O–H groups in total. The van der Waals surface area contributed by atoms with E-state index in [-0.39, 0.29) is 17.9 Å². The van der Waals surface area contributed by atoms with Crippen molar-refractivity contribution in [1.82, 2.24) is 9.88 Å². The zero-order chi connectivity index (χ0) is 15.1. The van der Waals surface area contributed by atoms with Gasteiger partial charge in [-0.15, -0.1) is 11.3 Å². The predicted octanol–water partition coefficient (Wildman–Crippen LogP) is 2.38. The zero-order valence-electron chi connectivity index (χ0n) is 12.3. The fraction of sp³-hybridized carbons (Fsp3) is 0.643. The maximum absolute atomic E-state index is 12.4. The number of hydrogen-bond acceptors (Lipinski definition) is 4. The van der Waals surface area contributed by atoms with Gasteiger partial charge in [0.15, 0.2) is 0 Å². The molecule has 6 heteroatoms. The van der Waals surface area contributed by atoms with Gasteiger partial charge in [-0.25, -0.2) is 4.98 Å². The van der Waals surface area contributed by atoms with E-state index in [4.69, 9.17) is 0 Å². The second-order valence-electron chi connectivity index (χ2n) is 6.62. The third kappa shape index (κ3) is 2.70. The monoisotopic (exact) mass is 296 g/mol. The van der Waals surface area contributed by atoms with Gasteiger partial charge in [-0.2, -0.15) is 0 Å². The number of hydrogen-bond donors (Lipinski definition) is 1. The van der Waals surface area contributed by atoms with Crippen LogP contribution in [0, 0.1) is 5.41 Å². The molecule has 1 fully saturated rings. The Hall–Kier alpha value is -1.43. The van der Waals surface area contributed by atoms with Crippen LogP contribution in [0.4, 0.5) is 0 Å². The average molecular weight is 296 g/mol. The molecule has 1 aliphatic rings. The molecule has 1 atom stereocenters. The van der Waals surface area contributed by atoms with Crippen molar-refractivity contribution < 1.29 is 14.7 Å². The Bertz CT molecular complexity index is 547. The predicted molar refractivity (Wildman–Crippen MR) is 77.1 cm³/mol. The van der Waals surface area contributed by atoms with Gasteiger partial charge in [0.2, 0.25) is 0 Å². The highest BCUT2D eigenvalue weighted by molar-refractivity contribution is 7.13. The molecule has 1 aromatic heterocycles. The largest absolute Gasteiger partial charge is 0.481 e. The lowest BCUT2D eigenvalue weighted by molar-refractivity contribution is -0.147. The Morgan fingerprint density at radius 3 is 2.55 bits per heavy atom. The Balaban J connectivity index is 2.14. The number of nitrogens with zero attached hydrogens (tertiary/aromatic N) is 2. The highest BCUT2D eigenvalue weighted by atomic mass is 32.1. The summed E-state index contributed by atoms with van der Waals surface area (Å²) in [5.41, 5.74) is -0.906. The second-order valence-corrected chi connectivity index (χ2v) is 7.65. The van der Waals surface area contributed by atoms with E-state index in [1.54, 1.807) is 18.0 Å². The van der Waals surface area contributed by atoms with Gasteiger partial charge < -0.3 is 10.0 Å². The molecule has 1 amide bonds. The molecule has 20 heavy (non-hydrogen) atoms. The SMILES string of the molecule is CC(C)(C)c1ncc(C(=O)N2CC[C@](C)(C(=O)O)C2)s1. The van der Waals surface area contributed by atoms with Gasteiger partial charge in [-0.1, -0.05) is 20.8 Å². The summed E-state index contributed by atoms with van der Waals surface area (Å²) < 4.78 is 0. The minimum atomic E-state index is -0.840. The second kappa shape index (κ2) is 4.84. The Morgan fingerprint density at radius 1 is 1.45 bits per heavy atom. The summed E-state index contributed by atoms with van der Waals surface area (Å²) in [6.45, 7) is 8.61. The van der Waals surface area contributed by atoms with Crippen LogP contribution in [-0.2, 0) is 10.2 Å². The Morgan fingerprint density at radius 2 is 2.10 bits per heavy atom. The van der Waals surface area contributed by atoms with E-state index in [9.17, 15) is 14.7 Å². The minimum Gasteiger partial charge on any atom is -0.481 e. The standard InChI is InChI=1S/C14H20N2O3S/c1-13(2,3)11-15-7-9(20-11)10(17)16-6-5-14(4,8-16)12(18)19/h7H,5-6,8H2,1-4H3,(H,18,19)/t14-/m0/s1. The van der Waals surface area contributed by atoms with E-state index in [1.807, 2.05) is 0 Å². The molecule has 0 saturated carbocycles. The molecule has 0 spiro atoms. The molecule has 1 aliphatic heterocycles. The van der Waals surface area contributed by atoms with Gasteiger partial charge in [0.1, 0.15) is 4.88 Å². The van der Waals surface area contributed by atoms with Gasteiger partial charge in [0.25, 0.3) is 5.91 Å².